The zero-order chi connectivity index (χ0) is 11.8. The first-order valence-corrected chi connectivity index (χ1v) is 6.37. The Hall–Kier alpha value is -1.41. The highest BCUT2D eigenvalue weighted by Gasteiger charge is 2.19. The Morgan fingerprint density at radius 2 is 2.12 bits per heavy atom. The second-order valence-electron chi connectivity index (χ2n) is 4.87. The minimum atomic E-state index is 1.05. The van der Waals surface area contributed by atoms with Crippen LogP contribution >= 0.6 is 0 Å². The summed E-state index contributed by atoms with van der Waals surface area (Å²) in [5, 5.41) is 1.34. The highest BCUT2D eigenvalue weighted by Crippen LogP contribution is 2.27. The molecule has 0 radical (unpaired) electrons. The average molecular weight is 226 g/mol. The molecule has 0 spiro atoms. The lowest BCUT2D eigenvalue weighted by Gasteiger charge is -2.27. The summed E-state index contributed by atoms with van der Waals surface area (Å²) in [6, 6.07) is 8.53. The minimum Gasteiger partial charge on any atom is -0.302 e. The molecule has 0 N–H and O–H groups in total. The van der Waals surface area contributed by atoms with Gasteiger partial charge in [-0.05, 0) is 30.7 Å². The molecule has 88 valence electrons. The molecule has 2 aromatic rings. The number of pyridine rings is 1. The maximum atomic E-state index is 4.83. The molecule has 0 saturated carbocycles. The Labute approximate surface area is 102 Å². The lowest BCUT2D eigenvalue weighted by Crippen LogP contribution is -2.28. The van der Waals surface area contributed by atoms with Gasteiger partial charge in [0.25, 0.3) is 0 Å². The van der Waals surface area contributed by atoms with Crippen LogP contribution in [-0.4, -0.2) is 23.5 Å². The zero-order valence-corrected chi connectivity index (χ0v) is 10.5. The van der Waals surface area contributed by atoms with E-state index in [1.165, 1.54) is 22.2 Å². The van der Waals surface area contributed by atoms with Crippen LogP contribution in [0.4, 0.5) is 0 Å². The third-order valence-corrected chi connectivity index (χ3v) is 3.71. The van der Waals surface area contributed by atoms with E-state index in [0.717, 1.165) is 31.4 Å². The van der Waals surface area contributed by atoms with Crippen molar-refractivity contribution in [1.82, 2.24) is 9.88 Å². The predicted molar refractivity (Wildman–Crippen MR) is 71.2 cm³/mol. The van der Waals surface area contributed by atoms with Crippen molar-refractivity contribution in [2.45, 2.75) is 26.3 Å². The number of para-hydroxylation sites is 1. The fourth-order valence-corrected chi connectivity index (χ4v) is 2.82. The van der Waals surface area contributed by atoms with E-state index >= 15 is 0 Å². The van der Waals surface area contributed by atoms with E-state index in [2.05, 4.69) is 43.1 Å². The lowest BCUT2D eigenvalue weighted by molar-refractivity contribution is 0.309. The number of likely N-dealkylation sites (N-methyl/N-ethyl adjacent to an activating group) is 1. The Bertz CT molecular complexity index is 560. The van der Waals surface area contributed by atoms with E-state index in [9.17, 15) is 0 Å². The largest absolute Gasteiger partial charge is 0.302 e. The Morgan fingerprint density at radius 1 is 1.29 bits per heavy atom. The predicted octanol–water partition coefficient (Wildman–Crippen LogP) is 2.79. The summed E-state index contributed by atoms with van der Waals surface area (Å²) in [7, 11) is 2.19. The molecule has 0 amide bonds. The summed E-state index contributed by atoms with van der Waals surface area (Å²) in [6.45, 7) is 4.43. The number of fused-ring (bicyclic) bond motifs is 2. The monoisotopic (exact) mass is 226 g/mol. The van der Waals surface area contributed by atoms with E-state index in [-0.39, 0.29) is 0 Å². The van der Waals surface area contributed by atoms with Gasteiger partial charge in [0.1, 0.15) is 0 Å². The molecule has 3 rings (SSSR count). The van der Waals surface area contributed by atoms with Gasteiger partial charge in [0.15, 0.2) is 0 Å². The molecule has 1 aliphatic rings. The highest BCUT2D eigenvalue weighted by molar-refractivity contribution is 5.83. The first kappa shape index (κ1) is 10.7. The molecular formula is C15H18N2. The standard InChI is InChI=1S/C15H18N2/c1-3-11-12-6-4-5-7-14(12)16-15-8-9-17(2)10-13(11)15/h4-7H,3,8-10H2,1-2H3. The third-order valence-electron chi connectivity index (χ3n) is 3.71. The van der Waals surface area contributed by atoms with E-state index in [0.29, 0.717) is 0 Å². The molecule has 0 fully saturated rings. The van der Waals surface area contributed by atoms with E-state index in [4.69, 9.17) is 4.98 Å². The number of aryl methyl sites for hydroxylation is 1. The van der Waals surface area contributed by atoms with Gasteiger partial charge in [-0.1, -0.05) is 25.1 Å². The first-order chi connectivity index (χ1) is 8.29. The van der Waals surface area contributed by atoms with Crippen LogP contribution in [0.25, 0.3) is 10.9 Å². The van der Waals surface area contributed by atoms with Gasteiger partial charge < -0.3 is 4.90 Å². The average Bonchev–Trinajstić information content (AvgIpc) is 2.36. The molecule has 0 atom stereocenters. The SMILES string of the molecule is CCc1c2c(nc3ccccc13)CCN(C)C2. The van der Waals surface area contributed by atoms with Gasteiger partial charge in [0, 0.05) is 30.6 Å². The highest BCUT2D eigenvalue weighted by atomic mass is 15.1. The van der Waals surface area contributed by atoms with Crippen molar-refractivity contribution in [3.63, 3.8) is 0 Å². The second kappa shape index (κ2) is 4.11. The topological polar surface area (TPSA) is 16.1 Å². The third kappa shape index (κ3) is 1.73. The van der Waals surface area contributed by atoms with Gasteiger partial charge in [0.05, 0.1) is 5.52 Å². The molecule has 2 nitrogen and oxygen atoms in total. The summed E-state index contributed by atoms with van der Waals surface area (Å²) in [5.74, 6) is 0. The van der Waals surface area contributed by atoms with Gasteiger partial charge in [-0.2, -0.15) is 0 Å². The zero-order valence-electron chi connectivity index (χ0n) is 10.5. The van der Waals surface area contributed by atoms with Crippen molar-refractivity contribution >= 4 is 10.9 Å². The minimum absolute atomic E-state index is 1.05. The van der Waals surface area contributed by atoms with Crippen molar-refractivity contribution in [3.8, 4) is 0 Å². The molecule has 1 aromatic carbocycles. The Balaban J connectivity index is 2.30. The van der Waals surface area contributed by atoms with Gasteiger partial charge in [0.2, 0.25) is 0 Å². The maximum Gasteiger partial charge on any atom is 0.0708 e. The van der Waals surface area contributed by atoms with Gasteiger partial charge in [-0.3, -0.25) is 4.98 Å². The molecular weight excluding hydrogens is 208 g/mol. The summed E-state index contributed by atoms with van der Waals surface area (Å²) in [6.07, 6.45) is 2.18. The lowest BCUT2D eigenvalue weighted by atomic mass is 9.94. The number of rotatable bonds is 1. The summed E-state index contributed by atoms with van der Waals surface area (Å²) >= 11 is 0. The van der Waals surface area contributed by atoms with E-state index in [1.54, 1.807) is 0 Å². The molecule has 0 unspecified atom stereocenters. The number of hydrogen-bond donors (Lipinski definition) is 0. The quantitative estimate of drug-likeness (QED) is 0.743. The summed E-state index contributed by atoms with van der Waals surface area (Å²) in [4.78, 5) is 7.22. The number of hydrogen-bond acceptors (Lipinski definition) is 2. The van der Waals surface area contributed by atoms with E-state index in [1.807, 2.05) is 0 Å². The molecule has 17 heavy (non-hydrogen) atoms. The van der Waals surface area contributed by atoms with Crippen molar-refractivity contribution in [1.29, 1.82) is 0 Å². The molecule has 1 aliphatic heterocycles. The molecule has 0 aliphatic carbocycles. The van der Waals surface area contributed by atoms with Crippen LogP contribution in [0.2, 0.25) is 0 Å². The molecule has 2 heteroatoms. The number of benzene rings is 1. The van der Waals surface area contributed by atoms with E-state index < -0.39 is 0 Å². The first-order valence-electron chi connectivity index (χ1n) is 6.37. The van der Waals surface area contributed by atoms with Crippen molar-refractivity contribution < 1.29 is 0 Å². The number of nitrogens with zero attached hydrogens (tertiary/aromatic N) is 2. The van der Waals surface area contributed by atoms with Gasteiger partial charge >= 0.3 is 0 Å². The fraction of sp³-hybridized carbons (Fsp3) is 0.400. The molecule has 1 aromatic heterocycles. The maximum absolute atomic E-state index is 4.83. The fourth-order valence-electron chi connectivity index (χ4n) is 2.82. The van der Waals surface area contributed by atoms with Gasteiger partial charge in [-0.25, -0.2) is 0 Å². The molecule has 0 saturated heterocycles. The van der Waals surface area contributed by atoms with Crippen LogP contribution in [0.15, 0.2) is 24.3 Å². The molecule has 2 heterocycles. The van der Waals surface area contributed by atoms with Crippen molar-refractivity contribution in [2.75, 3.05) is 13.6 Å². The van der Waals surface area contributed by atoms with Gasteiger partial charge in [-0.15, -0.1) is 0 Å². The summed E-state index contributed by atoms with van der Waals surface area (Å²) in [5.41, 5.74) is 5.45. The normalized spacial score (nSPS) is 16.1. The van der Waals surface area contributed by atoms with Crippen LogP contribution < -0.4 is 0 Å². The van der Waals surface area contributed by atoms with Crippen LogP contribution in [0.3, 0.4) is 0 Å². The Kier molecular flexibility index (Phi) is 2.60. The number of aromatic nitrogens is 1. The van der Waals surface area contributed by atoms with Crippen LogP contribution in [0, 0.1) is 0 Å². The Morgan fingerprint density at radius 3 is 2.94 bits per heavy atom. The van der Waals surface area contributed by atoms with Crippen molar-refractivity contribution in [2.24, 2.45) is 0 Å². The second-order valence-corrected chi connectivity index (χ2v) is 4.87. The molecule has 0 bridgehead atoms. The smallest absolute Gasteiger partial charge is 0.0708 e. The van der Waals surface area contributed by atoms with Crippen molar-refractivity contribution in [3.05, 3.63) is 41.1 Å². The summed E-state index contributed by atoms with van der Waals surface area (Å²) < 4.78 is 0. The van der Waals surface area contributed by atoms with Crippen LogP contribution in [-0.2, 0) is 19.4 Å². The van der Waals surface area contributed by atoms with Crippen LogP contribution in [0.5, 0.6) is 0 Å². The van der Waals surface area contributed by atoms with Crippen LogP contribution in [0.1, 0.15) is 23.7 Å².